The summed E-state index contributed by atoms with van der Waals surface area (Å²) in [4.78, 5) is 20.0. The lowest BCUT2D eigenvalue weighted by Gasteiger charge is -2.10. The minimum atomic E-state index is -0.435. The number of aromatic nitrogens is 2. The van der Waals surface area contributed by atoms with Gasteiger partial charge < -0.3 is 15.8 Å². The molecule has 0 atom stereocenters. The Balaban J connectivity index is 2.01. The molecular weight excluding hydrogens is 276 g/mol. The number of carbonyl (C=O) groups excluding carboxylic acids is 1. The number of anilines is 2. The molecule has 0 saturated heterocycles. The van der Waals surface area contributed by atoms with E-state index in [2.05, 4.69) is 15.3 Å². The summed E-state index contributed by atoms with van der Waals surface area (Å²) in [5.41, 5.74) is 6.58. The van der Waals surface area contributed by atoms with Gasteiger partial charge in [0, 0.05) is 30.7 Å². The van der Waals surface area contributed by atoms with Crippen molar-refractivity contribution in [1.29, 1.82) is 0 Å². The number of ether oxygens (including phenoxy) is 1. The molecule has 0 amide bonds. The average molecular weight is 292 g/mol. The average Bonchev–Trinajstić information content (AvgIpc) is 2.94. The smallest absolute Gasteiger partial charge is 0.340 e. The Kier molecular flexibility index (Phi) is 4.89. The van der Waals surface area contributed by atoms with Gasteiger partial charge in [0.05, 0.1) is 22.9 Å². The van der Waals surface area contributed by atoms with Crippen molar-refractivity contribution in [3.05, 3.63) is 34.4 Å². The van der Waals surface area contributed by atoms with Crippen LogP contribution in [-0.4, -0.2) is 29.1 Å². The van der Waals surface area contributed by atoms with Crippen LogP contribution in [0.4, 0.5) is 11.5 Å². The van der Waals surface area contributed by atoms with Gasteiger partial charge in [0.1, 0.15) is 5.82 Å². The largest absolute Gasteiger partial charge is 0.462 e. The monoisotopic (exact) mass is 292 g/mol. The summed E-state index contributed by atoms with van der Waals surface area (Å²) in [6.07, 6.45) is 4.09. The van der Waals surface area contributed by atoms with Crippen LogP contribution in [0.5, 0.6) is 0 Å². The Morgan fingerprint density at radius 2 is 2.30 bits per heavy atom. The second kappa shape index (κ2) is 6.85. The van der Waals surface area contributed by atoms with Crippen LogP contribution in [0, 0.1) is 0 Å². The minimum absolute atomic E-state index is 0.310. The number of hydrogen-bond donors (Lipinski definition) is 2. The van der Waals surface area contributed by atoms with E-state index in [1.54, 1.807) is 30.5 Å². The fraction of sp³-hybridized carbons (Fsp3) is 0.308. The molecule has 0 aliphatic heterocycles. The van der Waals surface area contributed by atoms with Gasteiger partial charge in [-0.3, -0.25) is 0 Å². The maximum Gasteiger partial charge on any atom is 0.340 e. The topological polar surface area (TPSA) is 90.1 Å². The molecule has 0 fully saturated rings. The zero-order chi connectivity index (χ0) is 14.4. The summed E-state index contributed by atoms with van der Waals surface area (Å²) >= 11 is 1.60. The van der Waals surface area contributed by atoms with Gasteiger partial charge in [-0.15, -0.1) is 11.3 Å². The van der Waals surface area contributed by atoms with Crippen molar-refractivity contribution >= 4 is 28.8 Å². The Bertz CT molecular complexity index is 572. The van der Waals surface area contributed by atoms with E-state index in [4.69, 9.17) is 10.5 Å². The Labute approximate surface area is 121 Å². The van der Waals surface area contributed by atoms with Crippen LogP contribution in [-0.2, 0) is 11.2 Å². The quantitative estimate of drug-likeness (QED) is 0.791. The maximum atomic E-state index is 11.7. The first kappa shape index (κ1) is 14.3. The number of nitrogens with zero attached hydrogens (tertiary/aromatic N) is 2. The van der Waals surface area contributed by atoms with Crippen molar-refractivity contribution in [1.82, 2.24) is 9.97 Å². The highest BCUT2D eigenvalue weighted by Gasteiger charge is 2.14. The van der Waals surface area contributed by atoms with Gasteiger partial charge in [-0.05, 0) is 13.0 Å². The summed E-state index contributed by atoms with van der Waals surface area (Å²) in [5, 5.41) is 6.08. The number of pyridine rings is 1. The number of carbonyl (C=O) groups is 1. The van der Waals surface area contributed by atoms with Gasteiger partial charge in [-0.25, -0.2) is 14.8 Å². The molecule has 0 aromatic carbocycles. The van der Waals surface area contributed by atoms with Crippen molar-refractivity contribution < 1.29 is 9.53 Å². The lowest BCUT2D eigenvalue weighted by atomic mass is 10.2. The standard InChI is InChI=1S/C13H16N4O2S/c1-2-19-13(18)9-3-5-16-12(11(9)14)17-6-4-10-15-7-8-20-10/h3,5,7-8H,2,4,6,14H2,1H3,(H,16,17). The summed E-state index contributed by atoms with van der Waals surface area (Å²) < 4.78 is 4.94. The normalized spacial score (nSPS) is 10.2. The molecule has 2 aromatic rings. The first-order chi connectivity index (χ1) is 9.72. The number of nitrogens with two attached hydrogens (primary N) is 1. The number of nitrogens with one attached hydrogen (secondary N) is 1. The van der Waals surface area contributed by atoms with E-state index in [1.807, 2.05) is 5.38 Å². The van der Waals surface area contributed by atoms with E-state index < -0.39 is 5.97 Å². The van der Waals surface area contributed by atoms with Crippen molar-refractivity contribution in [3.8, 4) is 0 Å². The van der Waals surface area contributed by atoms with Crippen LogP contribution in [0.25, 0.3) is 0 Å². The molecule has 106 valence electrons. The number of esters is 1. The van der Waals surface area contributed by atoms with E-state index in [9.17, 15) is 4.79 Å². The van der Waals surface area contributed by atoms with Gasteiger partial charge in [0.15, 0.2) is 0 Å². The predicted octanol–water partition coefficient (Wildman–Crippen LogP) is 1.95. The second-order valence-corrected chi connectivity index (χ2v) is 4.92. The molecule has 20 heavy (non-hydrogen) atoms. The fourth-order valence-electron chi connectivity index (χ4n) is 1.67. The molecule has 0 aliphatic rings. The van der Waals surface area contributed by atoms with Gasteiger partial charge in [-0.2, -0.15) is 0 Å². The number of nitrogen functional groups attached to an aromatic ring is 1. The van der Waals surface area contributed by atoms with Gasteiger partial charge in [0.25, 0.3) is 0 Å². The number of thiazole rings is 1. The van der Waals surface area contributed by atoms with Crippen molar-refractivity contribution in [3.63, 3.8) is 0 Å². The van der Waals surface area contributed by atoms with E-state index in [-0.39, 0.29) is 0 Å². The zero-order valence-electron chi connectivity index (χ0n) is 11.1. The zero-order valence-corrected chi connectivity index (χ0v) is 11.9. The highest BCUT2D eigenvalue weighted by Crippen LogP contribution is 2.20. The Hall–Kier alpha value is -2.15. The molecule has 0 spiro atoms. The molecule has 3 N–H and O–H groups in total. The molecule has 0 saturated carbocycles. The lowest BCUT2D eigenvalue weighted by molar-refractivity contribution is 0.0527. The van der Waals surface area contributed by atoms with Crippen LogP contribution in [0.1, 0.15) is 22.3 Å². The third kappa shape index (κ3) is 3.45. The molecule has 0 aliphatic carbocycles. The van der Waals surface area contributed by atoms with Crippen LogP contribution in [0.3, 0.4) is 0 Å². The predicted molar refractivity (Wildman–Crippen MR) is 78.9 cm³/mol. The van der Waals surface area contributed by atoms with Crippen molar-refractivity contribution in [2.45, 2.75) is 13.3 Å². The van der Waals surface area contributed by atoms with E-state index in [1.165, 1.54) is 6.20 Å². The summed E-state index contributed by atoms with van der Waals surface area (Å²) in [7, 11) is 0. The molecule has 2 heterocycles. The molecule has 2 rings (SSSR count). The van der Waals surface area contributed by atoms with Crippen molar-refractivity contribution in [2.75, 3.05) is 24.2 Å². The molecule has 2 aromatic heterocycles. The summed E-state index contributed by atoms with van der Waals surface area (Å²) in [6, 6.07) is 1.55. The molecule has 0 bridgehead atoms. The third-order valence-electron chi connectivity index (χ3n) is 2.60. The SMILES string of the molecule is CCOC(=O)c1ccnc(NCCc2nccs2)c1N. The Morgan fingerprint density at radius 3 is 3.00 bits per heavy atom. The molecule has 0 radical (unpaired) electrons. The van der Waals surface area contributed by atoms with Gasteiger partial charge >= 0.3 is 5.97 Å². The van der Waals surface area contributed by atoms with E-state index in [0.717, 1.165) is 11.4 Å². The summed E-state index contributed by atoms with van der Waals surface area (Å²) in [5.74, 6) is 0.0579. The highest BCUT2D eigenvalue weighted by atomic mass is 32.1. The molecule has 7 heteroatoms. The molecular formula is C13H16N4O2S. The molecule has 6 nitrogen and oxygen atoms in total. The maximum absolute atomic E-state index is 11.7. The minimum Gasteiger partial charge on any atom is -0.462 e. The van der Waals surface area contributed by atoms with Gasteiger partial charge in [0.2, 0.25) is 0 Å². The third-order valence-corrected chi connectivity index (χ3v) is 3.44. The van der Waals surface area contributed by atoms with Gasteiger partial charge in [-0.1, -0.05) is 0 Å². The van der Waals surface area contributed by atoms with Crippen LogP contribution < -0.4 is 11.1 Å². The first-order valence-corrected chi connectivity index (χ1v) is 7.14. The van der Waals surface area contributed by atoms with E-state index in [0.29, 0.717) is 30.2 Å². The first-order valence-electron chi connectivity index (χ1n) is 6.26. The second-order valence-electron chi connectivity index (χ2n) is 3.94. The van der Waals surface area contributed by atoms with E-state index >= 15 is 0 Å². The fourth-order valence-corrected chi connectivity index (χ4v) is 2.29. The lowest BCUT2D eigenvalue weighted by Crippen LogP contribution is -2.13. The van der Waals surface area contributed by atoms with Crippen LogP contribution >= 0.6 is 11.3 Å². The number of hydrogen-bond acceptors (Lipinski definition) is 7. The Morgan fingerprint density at radius 1 is 1.45 bits per heavy atom. The highest BCUT2D eigenvalue weighted by molar-refractivity contribution is 7.09. The molecule has 0 unspecified atom stereocenters. The number of rotatable bonds is 6. The summed E-state index contributed by atoms with van der Waals surface area (Å²) in [6.45, 7) is 2.72. The van der Waals surface area contributed by atoms with Crippen molar-refractivity contribution in [2.24, 2.45) is 0 Å². The van der Waals surface area contributed by atoms with Crippen LogP contribution in [0.15, 0.2) is 23.8 Å². The van der Waals surface area contributed by atoms with Crippen LogP contribution in [0.2, 0.25) is 0 Å².